The summed E-state index contributed by atoms with van der Waals surface area (Å²) in [5.41, 5.74) is 3.28. The third-order valence-electron chi connectivity index (χ3n) is 3.08. The molecule has 0 saturated heterocycles. The van der Waals surface area contributed by atoms with Gasteiger partial charge in [0.25, 0.3) is 0 Å². The molecule has 21 heavy (non-hydrogen) atoms. The highest BCUT2D eigenvalue weighted by atomic mass is 16.2. The lowest BCUT2D eigenvalue weighted by Gasteiger charge is -2.10. The maximum Gasteiger partial charge on any atom is 0.348 e. The van der Waals surface area contributed by atoms with Gasteiger partial charge in [-0.25, -0.2) is 4.79 Å². The highest BCUT2D eigenvalue weighted by Gasteiger charge is 2.04. The molecule has 2 rings (SSSR count). The summed E-state index contributed by atoms with van der Waals surface area (Å²) in [6.45, 7) is 4.26. The maximum absolute atomic E-state index is 12.0. The van der Waals surface area contributed by atoms with Gasteiger partial charge in [0.15, 0.2) is 0 Å². The number of hydrogen-bond donors (Lipinski definition) is 1. The van der Waals surface area contributed by atoms with Crippen molar-refractivity contribution in [2.24, 2.45) is 0 Å². The molecule has 0 aliphatic carbocycles. The summed E-state index contributed by atoms with van der Waals surface area (Å²) in [5.74, 6) is 5.89. The van der Waals surface area contributed by atoms with Crippen LogP contribution >= 0.6 is 0 Å². The van der Waals surface area contributed by atoms with E-state index in [0.29, 0.717) is 13.0 Å². The van der Waals surface area contributed by atoms with E-state index in [9.17, 15) is 4.79 Å². The average Bonchev–Trinajstić information content (AvgIpc) is 2.44. The normalized spacial score (nSPS) is 10.0. The lowest BCUT2D eigenvalue weighted by Crippen LogP contribution is -2.26. The number of rotatable bonds is 3. The molecule has 1 N–H and O–H groups in total. The van der Waals surface area contributed by atoms with Crippen molar-refractivity contribution in [2.45, 2.75) is 26.8 Å². The van der Waals surface area contributed by atoms with Crippen molar-refractivity contribution in [2.75, 3.05) is 6.61 Å². The number of benzene rings is 1. The van der Waals surface area contributed by atoms with Gasteiger partial charge >= 0.3 is 5.69 Å². The summed E-state index contributed by atoms with van der Waals surface area (Å²) in [6, 6.07) is 9.64. The van der Waals surface area contributed by atoms with Crippen molar-refractivity contribution >= 4 is 0 Å². The summed E-state index contributed by atoms with van der Waals surface area (Å²) < 4.78 is 1.65. The fourth-order valence-electron chi connectivity index (χ4n) is 2.12. The number of aromatic nitrogens is 2. The standard InChI is InChI=1S/C17H18N2O2/c1-13-10-14(2)19(17(21)18-13)12-16-8-5-7-15(11-16)6-3-4-9-20/h5,7-8,10-11,20H,4,9,12H2,1-2H3. The number of hydrogen-bond acceptors (Lipinski definition) is 3. The fourth-order valence-corrected chi connectivity index (χ4v) is 2.12. The molecule has 0 radical (unpaired) electrons. The van der Waals surface area contributed by atoms with E-state index in [1.807, 2.05) is 44.2 Å². The predicted molar refractivity (Wildman–Crippen MR) is 82.1 cm³/mol. The quantitative estimate of drug-likeness (QED) is 0.871. The van der Waals surface area contributed by atoms with Crippen molar-refractivity contribution in [3.8, 4) is 11.8 Å². The van der Waals surface area contributed by atoms with E-state index in [0.717, 1.165) is 22.5 Å². The SMILES string of the molecule is Cc1cc(C)n(Cc2cccc(C#CCCO)c2)c(=O)n1. The van der Waals surface area contributed by atoms with Crippen LogP contribution in [0.5, 0.6) is 0 Å². The maximum atomic E-state index is 12.0. The summed E-state index contributed by atoms with van der Waals surface area (Å²) in [4.78, 5) is 15.9. The van der Waals surface area contributed by atoms with Crippen LogP contribution in [0.3, 0.4) is 0 Å². The van der Waals surface area contributed by atoms with Gasteiger partial charge in [0.2, 0.25) is 0 Å². The molecule has 1 aromatic heterocycles. The molecule has 1 aromatic carbocycles. The van der Waals surface area contributed by atoms with E-state index in [2.05, 4.69) is 16.8 Å². The second-order valence-corrected chi connectivity index (χ2v) is 4.88. The predicted octanol–water partition coefficient (Wildman–Crippen LogP) is 1.64. The molecular formula is C17H18N2O2. The lowest BCUT2D eigenvalue weighted by atomic mass is 10.1. The zero-order valence-electron chi connectivity index (χ0n) is 12.3. The molecule has 4 heteroatoms. The van der Waals surface area contributed by atoms with E-state index in [-0.39, 0.29) is 12.3 Å². The molecule has 0 saturated carbocycles. The molecule has 0 aliphatic rings. The molecule has 0 bridgehead atoms. The summed E-state index contributed by atoms with van der Waals surface area (Å²) in [5, 5.41) is 8.73. The van der Waals surface area contributed by atoms with Crippen LogP contribution in [0.4, 0.5) is 0 Å². The molecule has 4 nitrogen and oxygen atoms in total. The minimum Gasteiger partial charge on any atom is -0.395 e. The van der Waals surface area contributed by atoms with Crippen LogP contribution in [0, 0.1) is 25.7 Å². The lowest BCUT2D eigenvalue weighted by molar-refractivity contribution is 0.305. The van der Waals surface area contributed by atoms with Gasteiger partial charge in [0.05, 0.1) is 13.2 Å². The Bertz CT molecular complexity index is 751. The van der Waals surface area contributed by atoms with E-state index >= 15 is 0 Å². The zero-order chi connectivity index (χ0) is 15.2. The number of aliphatic hydroxyl groups excluding tert-OH is 1. The summed E-state index contributed by atoms with van der Waals surface area (Å²) in [7, 11) is 0. The molecule has 0 atom stereocenters. The van der Waals surface area contributed by atoms with Gasteiger partial charge < -0.3 is 5.11 Å². The number of aryl methyl sites for hydroxylation is 2. The second-order valence-electron chi connectivity index (χ2n) is 4.88. The van der Waals surface area contributed by atoms with Crippen LogP contribution in [0.15, 0.2) is 35.1 Å². The first-order valence-electron chi connectivity index (χ1n) is 6.84. The van der Waals surface area contributed by atoms with Gasteiger partial charge in [-0.1, -0.05) is 24.0 Å². The third kappa shape index (κ3) is 4.04. The Balaban J connectivity index is 2.27. The van der Waals surface area contributed by atoms with Crippen molar-refractivity contribution in [3.05, 3.63) is 63.3 Å². The van der Waals surface area contributed by atoms with Gasteiger partial charge in [-0.05, 0) is 37.6 Å². The van der Waals surface area contributed by atoms with E-state index < -0.39 is 0 Å². The highest BCUT2D eigenvalue weighted by molar-refractivity contribution is 5.37. The van der Waals surface area contributed by atoms with Crippen molar-refractivity contribution < 1.29 is 5.11 Å². The first-order valence-corrected chi connectivity index (χ1v) is 6.84. The Morgan fingerprint density at radius 2 is 2.10 bits per heavy atom. The van der Waals surface area contributed by atoms with Gasteiger partial charge in [-0.3, -0.25) is 4.57 Å². The third-order valence-corrected chi connectivity index (χ3v) is 3.08. The fraction of sp³-hybridized carbons (Fsp3) is 0.294. The Morgan fingerprint density at radius 1 is 1.29 bits per heavy atom. The van der Waals surface area contributed by atoms with Gasteiger partial charge in [0, 0.05) is 23.4 Å². The van der Waals surface area contributed by atoms with Crippen LogP contribution < -0.4 is 5.69 Å². The molecule has 1 heterocycles. The van der Waals surface area contributed by atoms with E-state index in [4.69, 9.17) is 5.11 Å². The Labute approximate surface area is 124 Å². The Kier molecular flexibility index (Phi) is 4.91. The van der Waals surface area contributed by atoms with E-state index in [1.165, 1.54) is 0 Å². The average molecular weight is 282 g/mol. The minimum absolute atomic E-state index is 0.0658. The van der Waals surface area contributed by atoms with Crippen molar-refractivity contribution in [1.29, 1.82) is 0 Å². The van der Waals surface area contributed by atoms with Gasteiger partial charge in [0.1, 0.15) is 0 Å². The molecule has 0 aliphatic heterocycles. The molecule has 0 amide bonds. The van der Waals surface area contributed by atoms with Crippen LogP contribution in [0.1, 0.15) is 28.9 Å². The monoisotopic (exact) mass is 282 g/mol. The molecular weight excluding hydrogens is 264 g/mol. The summed E-state index contributed by atoms with van der Waals surface area (Å²) in [6.07, 6.45) is 0.463. The molecule has 108 valence electrons. The van der Waals surface area contributed by atoms with Crippen LogP contribution in [-0.4, -0.2) is 21.3 Å². The van der Waals surface area contributed by atoms with E-state index in [1.54, 1.807) is 4.57 Å². The van der Waals surface area contributed by atoms with Crippen molar-refractivity contribution in [1.82, 2.24) is 9.55 Å². The van der Waals surface area contributed by atoms with Crippen molar-refractivity contribution in [3.63, 3.8) is 0 Å². The largest absolute Gasteiger partial charge is 0.395 e. The Morgan fingerprint density at radius 3 is 2.81 bits per heavy atom. The first-order chi connectivity index (χ1) is 10.1. The summed E-state index contributed by atoms with van der Waals surface area (Å²) >= 11 is 0. The number of nitrogens with zero attached hydrogens (tertiary/aromatic N) is 2. The molecule has 0 unspecified atom stereocenters. The smallest absolute Gasteiger partial charge is 0.348 e. The highest BCUT2D eigenvalue weighted by Crippen LogP contribution is 2.07. The molecule has 0 spiro atoms. The first kappa shape index (κ1) is 15.0. The number of aliphatic hydroxyl groups is 1. The Hall–Kier alpha value is -2.38. The van der Waals surface area contributed by atoms with Gasteiger partial charge in [-0.15, -0.1) is 0 Å². The van der Waals surface area contributed by atoms with Crippen LogP contribution in [0.2, 0.25) is 0 Å². The zero-order valence-corrected chi connectivity index (χ0v) is 12.3. The molecule has 0 fully saturated rings. The van der Waals surface area contributed by atoms with Gasteiger partial charge in [-0.2, -0.15) is 4.98 Å². The minimum atomic E-state index is -0.232. The van der Waals surface area contributed by atoms with Crippen LogP contribution in [-0.2, 0) is 6.54 Å². The second kappa shape index (κ2) is 6.87. The molecule has 2 aromatic rings. The topological polar surface area (TPSA) is 55.1 Å². The van der Waals surface area contributed by atoms with Crippen LogP contribution in [0.25, 0.3) is 0 Å².